The van der Waals surface area contributed by atoms with Crippen LogP contribution in [0, 0.1) is 0 Å². The van der Waals surface area contributed by atoms with Crippen LogP contribution < -0.4 is 4.90 Å². The number of rotatable bonds is 5. The monoisotopic (exact) mass is 582 g/mol. The molecular formula is C41H34N4. The molecule has 6 aromatic carbocycles. The standard InChI is InChI=1S/C41H34N4/c1-41(2,3)45-39-20-12-9-17-36(39)42-40(45)29-21-23-31(24-22-29)43(30-13-5-4-6-14-30)32-25-27-33(28-26-32)44-37-18-10-7-15-34(37)35-16-8-11-19-38(35)44/h4-28H,1-3H3. The van der Waals surface area contributed by atoms with E-state index >= 15 is 0 Å². The van der Waals surface area contributed by atoms with E-state index in [0.29, 0.717) is 0 Å². The molecule has 8 aromatic rings. The van der Waals surface area contributed by atoms with Crippen LogP contribution in [0.25, 0.3) is 49.9 Å². The fourth-order valence-electron chi connectivity index (χ4n) is 6.63. The van der Waals surface area contributed by atoms with Crippen LogP contribution in [0.3, 0.4) is 0 Å². The Morgan fingerprint density at radius 3 is 1.58 bits per heavy atom. The Hall–Kier alpha value is -5.61. The van der Waals surface area contributed by atoms with Crippen molar-refractivity contribution in [2.75, 3.05) is 4.90 Å². The van der Waals surface area contributed by atoms with Gasteiger partial charge in [-0.2, -0.15) is 0 Å². The number of fused-ring (bicyclic) bond motifs is 4. The van der Waals surface area contributed by atoms with Crippen molar-refractivity contribution in [3.05, 3.63) is 152 Å². The molecule has 0 saturated carbocycles. The number of anilines is 3. The Morgan fingerprint density at radius 2 is 0.978 bits per heavy atom. The molecule has 0 aliphatic carbocycles. The first-order valence-electron chi connectivity index (χ1n) is 15.5. The first kappa shape index (κ1) is 27.0. The van der Waals surface area contributed by atoms with Crippen LogP contribution in [0.2, 0.25) is 0 Å². The summed E-state index contributed by atoms with van der Waals surface area (Å²) in [5.74, 6) is 0.983. The predicted molar refractivity (Wildman–Crippen MR) is 189 cm³/mol. The summed E-state index contributed by atoms with van der Waals surface area (Å²) in [4.78, 5) is 7.38. The van der Waals surface area contributed by atoms with E-state index in [1.165, 1.54) is 21.8 Å². The van der Waals surface area contributed by atoms with E-state index in [1.807, 2.05) is 0 Å². The summed E-state index contributed by atoms with van der Waals surface area (Å²) in [6, 6.07) is 53.9. The first-order valence-corrected chi connectivity index (χ1v) is 15.5. The maximum Gasteiger partial charge on any atom is 0.141 e. The largest absolute Gasteiger partial charge is 0.319 e. The zero-order chi connectivity index (χ0) is 30.5. The van der Waals surface area contributed by atoms with Crippen molar-refractivity contribution < 1.29 is 0 Å². The highest BCUT2D eigenvalue weighted by Crippen LogP contribution is 2.38. The van der Waals surface area contributed by atoms with E-state index in [4.69, 9.17) is 4.98 Å². The normalized spacial score (nSPS) is 11.9. The highest BCUT2D eigenvalue weighted by Gasteiger charge is 2.23. The minimum Gasteiger partial charge on any atom is -0.319 e. The summed E-state index contributed by atoms with van der Waals surface area (Å²) in [5, 5.41) is 2.53. The average Bonchev–Trinajstić information content (AvgIpc) is 3.63. The lowest BCUT2D eigenvalue weighted by atomic mass is 10.1. The molecule has 0 spiro atoms. The average molecular weight is 583 g/mol. The second kappa shape index (κ2) is 10.5. The molecule has 0 fully saturated rings. The molecule has 0 N–H and O–H groups in total. The number of aromatic nitrogens is 3. The van der Waals surface area contributed by atoms with Crippen molar-refractivity contribution in [2.45, 2.75) is 26.3 Å². The van der Waals surface area contributed by atoms with Gasteiger partial charge in [-0.05, 0) is 106 Å². The number of para-hydroxylation sites is 5. The molecule has 0 unspecified atom stereocenters. The molecular weight excluding hydrogens is 548 g/mol. The van der Waals surface area contributed by atoms with E-state index in [9.17, 15) is 0 Å². The van der Waals surface area contributed by atoms with Crippen LogP contribution in [0.4, 0.5) is 17.1 Å². The fourth-order valence-corrected chi connectivity index (χ4v) is 6.63. The van der Waals surface area contributed by atoms with E-state index in [0.717, 1.165) is 45.2 Å². The Labute approximate surface area is 263 Å². The quantitative estimate of drug-likeness (QED) is 0.202. The van der Waals surface area contributed by atoms with Gasteiger partial charge in [-0.15, -0.1) is 0 Å². The summed E-state index contributed by atoms with van der Waals surface area (Å²) >= 11 is 0. The Bertz CT molecular complexity index is 2230. The molecule has 0 atom stereocenters. The maximum atomic E-state index is 5.06. The third-order valence-electron chi connectivity index (χ3n) is 8.58. The molecule has 8 rings (SSSR count). The molecule has 0 bridgehead atoms. The first-order chi connectivity index (χ1) is 22.0. The molecule has 0 amide bonds. The van der Waals surface area contributed by atoms with Crippen molar-refractivity contribution in [1.29, 1.82) is 0 Å². The minimum atomic E-state index is -0.113. The smallest absolute Gasteiger partial charge is 0.141 e. The van der Waals surface area contributed by atoms with Crippen LogP contribution in [0.15, 0.2) is 152 Å². The third-order valence-corrected chi connectivity index (χ3v) is 8.58. The van der Waals surface area contributed by atoms with Crippen molar-refractivity contribution in [3.63, 3.8) is 0 Å². The third kappa shape index (κ3) is 4.58. The lowest BCUT2D eigenvalue weighted by molar-refractivity contribution is 0.413. The molecule has 2 aromatic heterocycles. The van der Waals surface area contributed by atoms with Crippen LogP contribution >= 0.6 is 0 Å². The number of imidazole rings is 1. The van der Waals surface area contributed by atoms with Crippen LogP contribution in [0.5, 0.6) is 0 Å². The van der Waals surface area contributed by atoms with E-state index in [2.05, 4.69) is 186 Å². The van der Waals surface area contributed by atoms with Gasteiger partial charge in [0.1, 0.15) is 5.82 Å². The summed E-state index contributed by atoms with van der Waals surface area (Å²) in [6.45, 7) is 6.71. The highest BCUT2D eigenvalue weighted by molar-refractivity contribution is 6.09. The number of benzene rings is 6. The van der Waals surface area contributed by atoms with E-state index in [1.54, 1.807) is 0 Å². The summed E-state index contributed by atoms with van der Waals surface area (Å²) in [7, 11) is 0. The summed E-state index contributed by atoms with van der Waals surface area (Å²) < 4.78 is 4.71. The van der Waals surface area contributed by atoms with Crippen molar-refractivity contribution in [3.8, 4) is 17.1 Å². The van der Waals surface area contributed by atoms with Gasteiger partial charge in [0.2, 0.25) is 0 Å². The molecule has 0 radical (unpaired) electrons. The van der Waals surface area contributed by atoms with Crippen molar-refractivity contribution in [1.82, 2.24) is 14.1 Å². The molecule has 0 saturated heterocycles. The van der Waals surface area contributed by atoms with Gasteiger partial charge in [0, 0.05) is 44.6 Å². The topological polar surface area (TPSA) is 26.0 Å². The second-order valence-electron chi connectivity index (χ2n) is 12.5. The summed E-state index contributed by atoms with van der Waals surface area (Å²) in [6.07, 6.45) is 0. The highest BCUT2D eigenvalue weighted by atomic mass is 15.1. The molecule has 218 valence electrons. The minimum absolute atomic E-state index is 0.113. The predicted octanol–water partition coefficient (Wildman–Crippen LogP) is 11.0. The van der Waals surface area contributed by atoms with Gasteiger partial charge >= 0.3 is 0 Å². The Balaban J connectivity index is 1.21. The van der Waals surface area contributed by atoms with Crippen LogP contribution in [0.1, 0.15) is 20.8 Å². The lowest BCUT2D eigenvalue weighted by Crippen LogP contribution is -2.22. The zero-order valence-electron chi connectivity index (χ0n) is 25.7. The zero-order valence-corrected chi connectivity index (χ0v) is 25.7. The van der Waals surface area contributed by atoms with Gasteiger partial charge in [-0.25, -0.2) is 4.98 Å². The SMILES string of the molecule is CC(C)(C)n1c(-c2ccc(N(c3ccccc3)c3ccc(-n4c5ccccc5c5ccccc54)cc3)cc2)nc2ccccc21. The van der Waals surface area contributed by atoms with Crippen molar-refractivity contribution in [2.24, 2.45) is 0 Å². The van der Waals surface area contributed by atoms with Gasteiger partial charge < -0.3 is 14.0 Å². The second-order valence-corrected chi connectivity index (χ2v) is 12.5. The lowest BCUT2D eigenvalue weighted by Gasteiger charge is -2.27. The van der Waals surface area contributed by atoms with E-state index < -0.39 is 0 Å². The van der Waals surface area contributed by atoms with Gasteiger partial charge in [0.25, 0.3) is 0 Å². The number of nitrogens with zero attached hydrogens (tertiary/aromatic N) is 4. The van der Waals surface area contributed by atoms with Crippen molar-refractivity contribution >= 4 is 49.9 Å². The van der Waals surface area contributed by atoms with Crippen LogP contribution in [-0.4, -0.2) is 14.1 Å². The Morgan fingerprint density at radius 1 is 0.489 bits per heavy atom. The molecule has 4 nitrogen and oxygen atoms in total. The molecule has 0 aliphatic heterocycles. The van der Waals surface area contributed by atoms with Gasteiger partial charge in [-0.1, -0.05) is 66.7 Å². The van der Waals surface area contributed by atoms with Gasteiger partial charge in [0.15, 0.2) is 0 Å². The Kier molecular flexibility index (Phi) is 6.31. The number of hydrogen-bond acceptors (Lipinski definition) is 2. The van der Waals surface area contributed by atoms with Gasteiger partial charge in [-0.3, -0.25) is 0 Å². The van der Waals surface area contributed by atoms with E-state index in [-0.39, 0.29) is 5.54 Å². The van der Waals surface area contributed by atoms with Crippen LogP contribution in [-0.2, 0) is 5.54 Å². The number of hydrogen-bond donors (Lipinski definition) is 0. The van der Waals surface area contributed by atoms with Gasteiger partial charge in [0.05, 0.1) is 22.1 Å². The maximum absolute atomic E-state index is 5.06. The molecule has 45 heavy (non-hydrogen) atoms. The molecule has 4 heteroatoms. The molecule has 0 aliphatic rings. The summed E-state index contributed by atoms with van der Waals surface area (Å²) in [5.41, 5.74) is 10.0. The fraction of sp³-hybridized carbons (Fsp3) is 0.0976. The molecule has 2 heterocycles.